The second-order valence-corrected chi connectivity index (χ2v) is 4.47. The molecule has 2 rings (SSSR count). The molecule has 1 aromatic heterocycles. The lowest BCUT2D eigenvalue weighted by Gasteiger charge is -2.08. The molecule has 80 valence electrons. The van der Waals surface area contributed by atoms with Gasteiger partial charge in [-0.1, -0.05) is 15.9 Å². The maximum Gasteiger partial charge on any atom is 0.0458 e. The van der Waals surface area contributed by atoms with Gasteiger partial charge >= 0.3 is 0 Å². The first-order valence-corrected chi connectivity index (χ1v) is 5.64. The van der Waals surface area contributed by atoms with Crippen LogP contribution < -0.4 is 5.73 Å². The first kappa shape index (κ1) is 10.7. The molecule has 15 heavy (non-hydrogen) atoms. The molecule has 4 N–H and O–H groups in total. The third kappa shape index (κ3) is 2.07. The van der Waals surface area contributed by atoms with E-state index >= 15 is 0 Å². The number of aromatic nitrogens is 1. The second-order valence-electron chi connectivity index (χ2n) is 3.55. The van der Waals surface area contributed by atoms with Crippen LogP contribution in [0.3, 0.4) is 0 Å². The Bertz CT molecular complexity index is 467. The Hall–Kier alpha value is -0.840. The van der Waals surface area contributed by atoms with Gasteiger partial charge in [-0.05, 0) is 30.2 Å². The van der Waals surface area contributed by atoms with E-state index in [9.17, 15) is 0 Å². The number of aromatic amines is 1. The van der Waals surface area contributed by atoms with Gasteiger partial charge in [0.25, 0.3) is 0 Å². The van der Waals surface area contributed by atoms with Gasteiger partial charge in [-0.25, -0.2) is 0 Å². The summed E-state index contributed by atoms with van der Waals surface area (Å²) in [5, 5.41) is 9.98. The number of benzene rings is 1. The summed E-state index contributed by atoms with van der Waals surface area (Å²) in [5.41, 5.74) is 8.10. The molecule has 0 aliphatic heterocycles. The molecular formula is C11H13BrN2O. The first-order valence-electron chi connectivity index (χ1n) is 4.85. The normalized spacial score (nSPS) is 13.3. The van der Waals surface area contributed by atoms with Crippen molar-refractivity contribution >= 4 is 26.8 Å². The highest BCUT2D eigenvalue weighted by molar-refractivity contribution is 9.10. The van der Waals surface area contributed by atoms with E-state index < -0.39 is 0 Å². The van der Waals surface area contributed by atoms with Gasteiger partial charge in [0, 0.05) is 34.2 Å². The summed E-state index contributed by atoms with van der Waals surface area (Å²) in [6.07, 6.45) is 2.50. The van der Waals surface area contributed by atoms with Crippen molar-refractivity contribution in [2.45, 2.75) is 12.5 Å². The van der Waals surface area contributed by atoms with Crippen molar-refractivity contribution in [3.05, 3.63) is 34.4 Å². The number of aliphatic hydroxyl groups excluding tert-OH is 1. The molecule has 0 aliphatic carbocycles. The van der Waals surface area contributed by atoms with Crippen molar-refractivity contribution in [2.24, 2.45) is 5.73 Å². The molecule has 0 saturated carbocycles. The summed E-state index contributed by atoms with van der Waals surface area (Å²) < 4.78 is 1.03. The van der Waals surface area contributed by atoms with Crippen molar-refractivity contribution in [1.82, 2.24) is 4.98 Å². The van der Waals surface area contributed by atoms with E-state index in [4.69, 9.17) is 10.8 Å². The molecule has 0 unspecified atom stereocenters. The SMILES string of the molecule is N[C@H](CCO)c1c[nH]c2ccc(Br)cc12. The second kappa shape index (κ2) is 4.35. The van der Waals surface area contributed by atoms with Crippen molar-refractivity contribution < 1.29 is 5.11 Å². The van der Waals surface area contributed by atoms with Crippen molar-refractivity contribution in [3.63, 3.8) is 0 Å². The van der Waals surface area contributed by atoms with Crippen LogP contribution in [0.2, 0.25) is 0 Å². The van der Waals surface area contributed by atoms with Crippen LogP contribution in [0, 0.1) is 0 Å². The molecule has 1 atom stereocenters. The summed E-state index contributed by atoms with van der Waals surface area (Å²) >= 11 is 3.44. The van der Waals surface area contributed by atoms with Gasteiger partial charge < -0.3 is 15.8 Å². The first-order chi connectivity index (χ1) is 7.22. The summed E-state index contributed by atoms with van der Waals surface area (Å²) in [7, 11) is 0. The van der Waals surface area contributed by atoms with Crippen LogP contribution in [-0.4, -0.2) is 16.7 Å². The maximum absolute atomic E-state index is 8.86. The average Bonchev–Trinajstić information content (AvgIpc) is 2.60. The van der Waals surface area contributed by atoms with Gasteiger partial charge in [-0.2, -0.15) is 0 Å². The van der Waals surface area contributed by atoms with Gasteiger partial charge in [0.1, 0.15) is 0 Å². The number of halogens is 1. The third-order valence-corrected chi connectivity index (χ3v) is 3.01. The van der Waals surface area contributed by atoms with E-state index in [0.717, 1.165) is 20.9 Å². The summed E-state index contributed by atoms with van der Waals surface area (Å²) in [4.78, 5) is 3.17. The summed E-state index contributed by atoms with van der Waals surface area (Å²) in [6.45, 7) is 0.113. The Morgan fingerprint density at radius 3 is 3.00 bits per heavy atom. The highest BCUT2D eigenvalue weighted by Crippen LogP contribution is 2.27. The molecule has 0 spiro atoms. The molecule has 1 heterocycles. The van der Waals surface area contributed by atoms with Crippen LogP contribution in [0.15, 0.2) is 28.9 Å². The highest BCUT2D eigenvalue weighted by Gasteiger charge is 2.11. The predicted molar refractivity (Wildman–Crippen MR) is 64.6 cm³/mol. The topological polar surface area (TPSA) is 62.0 Å². The number of nitrogens with one attached hydrogen (secondary N) is 1. The molecule has 0 saturated heterocycles. The molecule has 2 aromatic rings. The average molecular weight is 269 g/mol. The van der Waals surface area contributed by atoms with Crippen molar-refractivity contribution in [2.75, 3.05) is 6.61 Å². The Kier molecular flexibility index (Phi) is 3.09. The van der Waals surface area contributed by atoms with Gasteiger partial charge in [0.2, 0.25) is 0 Å². The number of nitrogens with two attached hydrogens (primary N) is 1. The molecule has 1 aromatic carbocycles. The Balaban J connectivity index is 2.47. The lowest BCUT2D eigenvalue weighted by Crippen LogP contribution is -2.11. The fourth-order valence-electron chi connectivity index (χ4n) is 1.72. The maximum atomic E-state index is 8.86. The van der Waals surface area contributed by atoms with E-state index in [2.05, 4.69) is 20.9 Å². The lowest BCUT2D eigenvalue weighted by atomic mass is 10.0. The van der Waals surface area contributed by atoms with Crippen molar-refractivity contribution in [3.8, 4) is 0 Å². The molecule has 3 nitrogen and oxygen atoms in total. The van der Waals surface area contributed by atoms with Gasteiger partial charge in [0.05, 0.1) is 0 Å². The van der Waals surface area contributed by atoms with E-state index in [1.165, 1.54) is 0 Å². The van der Waals surface area contributed by atoms with Crippen LogP contribution >= 0.6 is 15.9 Å². The number of H-pyrrole nitrogens is 1. The number of aliphatic hydroxyl groups is 1. The number of fused-ring (bicyclic) bond motifs is 1. The fraction of sp³-hybridized carbons (Fsp3) is 0.273. The number of rotatable bonds is 3. The molecule has 4 heteroatoms. The monoisotopic (exact) mass is 268 g/mol. The van der Waals surface area contributed by atoms with Crippen molar-refractivity contribution in [1.29, 1.82) is 0 Å². The van der Waals surface area contributed by atoms with Gasteiger partial charge in [-0.3, -0.25) is 0 Å². The lowest BCUT2D eigenvalue weighted by molar-refractivity contribution is 0.277. The van der Waals surface area contributed by atoms with Gasteiger partial charge in [0.15, 0.2) is 0 Å². The molecule has 0 bridgehead atoms. The van der Waals surface area contributed by atoms with Crippen LogP contribution in [0.5, 0.6) is 0 Å². The van der Waals surface area contributed by atoms with E-state index in [-0.39, 0.29) is 12.6 Å². The zero-order valence-electron chi connectivity index (χ0n) is 8.20. The van der Waals surface area contributed by atoms with E-state index in [1.54, 1.807) is 0 Å². The Morgan fingerprint density at radius 1 is 1.47 bits per heavy atom. The smallest absolute Gasteiger partial charge is 0.0458 e. The fourth-order valence-corrected chi connectivity index (χ4v) is 2.08. The van der Waals surface area contributed by atoms with E-state index in [0.29, 0.717) is 6.42 Å². The Labute approximate surface area is 96.4 Å². The van der Waals surface area contributed by atoms with Crippen LogP contribution in [0.4, 0.5) is 0 Å². The third-order valence-electron chi connectivity index (χ3n) is 2.52. The van der Waals surface area contributed by atoms with E-state index in [1.807, 2.05) is 24.4 Å². The van der Waals surface area contributed by atoms with Gasteiger partial charge in [-0.15, -0.1) is 0 Å². The molecule has 0 radical (unpaired) electrons. The summed E-state index contributed by atoms with van der Waals surface area (Å²) in [5.74, 6) is 0. The minimum Gasteiger partial charge on any atom is -0.396 e. The standard InChI is InChI=1S/C11H13BrN2O/c12-7-1-2-11-8(5-7)9(6-14-11)10(13)3-4-15/h1-2,5-6,10,14-15H,3-4,13H2/t10-/m1/s1. The predicted octanol–water partition coefficient (Wildman–Crippen LogP) is 2.31. The molecule has 0 aliphatic rings. The zero-order chi connectivity index (χ0) is 10.8. The molecule has 0 fully saturated rings. The van der Waals surface area contributed by atoms with Crippen LogP contribution in [0.25, 0.3) is 10.9 Å². The zero-order valence-corrected chi connectivity index (χ0v) is 9.79. The molecular weight excluding hydrogens is 256 g/mol. The highest BCUT2D eigenvalue weighted by atomic mass is 79.9. The largest absolute Gasteiger partial charge is 0.396 e. The Morgan fingerprint density at radius 2 is 2.27 bits per heavy atom. The number of hydrogen-bond acceptors (Lipinski definition) is 2. The van der Waals surface area contributed by atoms with Crippen LogP contribution in [-0.2, 0) is 0 Å². The molecule has 0 amide bonds. The van der Waals surface area contributed by atoms with Crippen LogP contribution in [0.1, 0.15) is 18.0 Å². The minimum absolute atomic E-state index is 0.113. The quantitative estimate of drug-likeness (QED) is 0.800. The number of hydrogen-bond donors (Lipinski definition) is 3. The minimum atomic E-state index is -0.113. The summed E-state index contributed by atoms with van der Waals surface area (Å²) in [6, 6.07) is 5.92.